The molecule has 0 aliphatic rings. The van der Waals surface area contributed by atoms with Crippen molar-refractivity contribution in [2.75, 3.05) is 11.9 Å². The molecule has 1 heterocycles. The van der Waals surface area contributed by atoms with Gasteiger partial charge < -0.3 is 5.32 Å². The van der Waals surface area contributed by atoms with Crippen molar-refractivity contribution in [1.82, 2.24) is 9.97 Å². The maximum atomic E-state index is 13.7. The van der Waals surface area contributed by atoms with E-state index in [1.165, 1.54) is 0 Å². The summed E-state index contributed by atoms with van der Waals surface area (Å²) in [5.41, 5.74) is -1.78. The minimum atomic E-state index is -4.80. The predicted molar refractivity (Wildman–Crippen MR) is 66.5 cm³/mol. The lowest BCUT2D eigenvalue weighted by molar-refractivity contribution is -0.139. The maximum Gasteiger partial charge on any atom is 0.419 e. The van der Waals surface area contributed by atoms with Crippen LogP contribution < -0.4 is 5.32 Å². The average molecular weight is 303 g/mol. The van der Waals surface area contributed by atoms with Crippen molar-refractivity contribution in [2.24, 2.45) is 0 Å². The van der Waals surface area contributed by atoms with E-state index in [1.807, 2.05) is 0 Å². The smallest absolute Gasteiger partial charge is 0.354 e. The lowest BCUT2D eigenvalue weighted by Crippen LogP contribution is -2.08. The first kappa shape index (κ1) is 15.1. The van der Waals surface area contributed by atoms with Gasteiger partial charge in [-0.25, -0.2) is 18.7 Å². The molecule has 0 amide bonds. The number of nitrogens with zero attached hydrogens (tertiary/aromatic N) is 2. The number of benzene rings is 1. The van der Waals surface area contributed by atoms with Crippen LogP contribution in [0.5, 0.6) is 0 Å². The van der Waals surface area contributed by atoms with Crippen molar-refractivity contribution >= 4 is 5.95 Å². The first-order chi connectivity index (χ1) is 9.82. The highest BCUT2D eigenvalue weighted by molar-refractivity contribution is 5.61. The molecule has 1 aromatic heterocycles. The number of anilines is 1. The molecule has 0 saturated carbocycles. The van der Waals surface area contributed by atoms with Gasteiger partial charge >= 0.3 is 6.18 Å². The molecule has 1 N–H and O–H groups in total. The van der Waals surface area contributed by atoms with Crippen molar-refractivity contribution in [2.45, 2.75) is 13.1 Å². The molecule has 0 aliphatic heterocycles. The Kier molecular flexibility index (Phi) is 4.06. The second-order valence-electron chi connectivity index (χ2n) is 4.11. The van der Waals surface area contributed by atoms with E-state index in [9.17, 15) is 22.0 Å². The Hall–Kier alpha value is -2.25. The number of aromatic nitrogens is 2. The molecule has 0 radical (unpaired) electrons. The van der Waals surface area contributed by atoms with Crippen LogP contribution in [0.1, 0.15) is 12.5 Å². The van der Waals surface area contributed by atoms with E-state index in [0.717, 1.165) is 12.3 Å². The minimum Gasteiger partial charge on any atom is -0.354 e. The second-order valence-corrected chi connectivity index (χ2v) is 4.11. The highest BCUT2D eigenvalue weighted by Crippen LogP contribution is 2.33. The molecule has 0 aliphatic carbocycles. The largest absolute Gasteiger partial charge is 0.419 e. The van der Waals surface area contributed by atoms with Gasteiger partial charge in [0.05, 0.1) is 11.8 Å². The van der Waals surface area contributed by atoms with Crippen molar-refractivity contribution in [3.8, 4) is 11.3 Å². The lowest BCUT2D eigenvalue weighted by atomic mass is 10.1. The summed E-state index contributed by atoms with van der Waals surface area (Å²) in [6.45, 7) is 2.25. The summed E-state index contributed by atoms with van der Waals surface area (Å²) in [6.07, 6.45) is -3.93. The molecule has 0 saturated heterocycles. The molecule has 3 nitrogen and oxygen atoms in total. The molecule has 2 aromatic rings. The summed E-state index contributed by atoms with van der Waals surface area (Å²) in [7, 11) is 0. The zero-order valence-electron chi connectivity index (χ0n) is 10.8. The molecule has 8 heteroatoms. The Morgan fingerprint density at radius 2 is 1.86 bits per heavy atom. The average Bonchev–Trinajstić information content (AvgIpc) is 2.39. The van der Waals surface area contributed by atoms with Gasteiger partial charge in [-0.15, -0.1) is 0 Å². The van der Waals surface area contributed by atoms with Crippen molar-refractivity contribution in [3.05, 3.63) is 41.6 Å². The van der Waals surface area contributed by atoms with Gasteiger partial charge in [-0.3, -0.25) is 0 Å². The quantitative estimate of drug-likeness (QED) is 0.875. The Morgan fingerprint density at radius 3 is 2.43 bits per heavy atom. The molecule has 0 bridgehead atoms. The fourth-order valence-corrected chi connectivity index (χ4v) is 1.71. The van der Waals surface area contributed by atoms with E-state index >= 15 is 0 Å². The normalized spacial score (nSPS) is 11.5. The summed E-state index contributed by atoms with van der Waals surface area (Å²) in [4.78, 5) is 7.48. The van der Waals surface area contributed by atoms with Gasteiger partial charge in [0.25, 0.3) is 0 Å². The number of alkyl halides is 3. The van der Waals surface area contributed by atoms with Crippen LogP contribution in [-0.4, -0.2) is 16.5 Å². The first-order valence-corrected chi connectivity index (χ1v) is 5.96. The summed E-state index contributed by atoms with van der Waals surface area (Å²) in [5, 5.41) is 2.73. The molecule has 0 fully saturated rings. The van der Waals surface area contributed by atoms with Crippen molar-refractivity contribution < 1.29 is 22.0 Å². The van der Waals surface area contributed by atoms with Crippen LogP contribution >= 0.6 is 0 Å². The SMILES string of the molecule is CCNc1ncc(F)c(-c2ccc(C(F)(F)F)c(F)c2)n1. The minimum absolute atomic E-state index is 0.0976. The lowest BCUT2D eigenvalue weighted by Gasteiger charge is -2.10. The fraction of sp³-hybridized carbons (Fsp3) is 0.231. The standard InChI is InChI=1S/C13H10F5N3/c1-2-19-12-20-6-10(15)11(21-12)7-3-4-8(9(14)5-7)13(16,17)18/h3-6H,2H2,1H3,(H,19,20,21). The van der Waals surface area contributed by atoms with E-state index in [2.05, 4.69) is 15.3 Å². The molecule has 112 valence electrons. The Balaban J connectivity index is 2.48. The number of halogens is 5. The molecule has 0 atom stereocenters. The first-order valence-electron chi connectivity index (χ1n) is 5.96. The maximum absolute atomic E-state index is 13.7. The highest BCUT2D eigenvalue weighted by atomic mass is 19.4. The third-order valence-electron chi connectivity index (χ3n) is 2.63. The van der Waals surface area contributed by atoms with Gasteiger partial charge in [-0.2, -0.15) is 13.2 Å². The van der Waals surface area contributed by atoms with Crippen LogP contribution in [0, 0.1) is 11.6 Å². The van der Waals surface area contributed by atoms with Crippen LogP contribution in [0.4, 0.5) is 27.9 Å². The summed E-state index contributed by atoms with van der Waals surface area (Å²) >= 11 is 0. The van der Waals surface area contributed by atoms with Gasteiger partial charge in [0.2, 0.25) is 5.95 Å². The summed E-state index contributed by atoms with van der Waals surface area (Å²) in [5.74, 6) is -2.23. The molecule has 0 unspecified atom stereocenters. The summed E-state index contributed by atoms with van der Waals surface area (Å²) < 4.78 is 64.6. The molecule has 2 rings (SSSR count). The van der Waals surface area contributed by atoms with Crippen molar-refractivity contribution in [1.29, 1.82) is 0 Å². The molecule has 1 aromatic carbocycles. The molecular formula is C13H10F5N3. The van der Waals surface area contributed by atoms with Crippen LogP contribution in [0.2, 0.25) is 0 Å². The van der Waals surface area contributed by atoms with E-state index in [0.29, 0.717) is 18.7 Å². The predicted octanol–water partition coefficient (Wildman–Crippen LogP) is 3.87. The topological polar surface area (TPSA) is 37.8 Å². The van der Waals surface area contributed by atoms with Gasteiger partial charge in [0.15, 0.2) is 5.82 Å². The number of nitrogens with one attached hydrogen (secondary N) is 1. The Morgan fingerprint density at radius 1 is 1.14 bits per heavy atom. The van der Waals surface area contributed by atoms with Crippen LogP contribution in [0.3, 0.4) is 0 Å². The third kappa shape index (κ3) is 3.26. The second kappa shape index (κ2) is 5.63. The molecule has 21 heavy (non-hydrogen) atoms. The van der Waals surface area contributed by atoms with E-state index < -0.39 is 23.4 Å². The zero-order valence-corrected chi connectivity index (χ0v) is 10.8. The monoisotopic (exact) mass is 303 g/mol. The third-order valence-corrected chi connectivity index (χ3v) is 2.63. The van der Waals surface area contributed by atoms with Gasteiger partial charge in [0.1, 0.15) is 11.5 Å². The highest BCUT2D eigenvalue weighted by Gasteiger charge is 2.34. The number of rotatable bonds is 3. The van der Waals surface area contributed by atoms with Gasteiger partial charge in [-0.05, 0) is 19.1 Å². The van der Waals surface area contributed by atoms with Crippen molar-refractivity contribution in [3.63, 3.8) is 0 Å². The molecular weight excluding hydrogens is 293 g/mol. The van der Waals surface area contributed by atoms with Gasteiger partial charge in [-0.1, -0.05) is 6.07 Å². The fourth-order valence-electron chi connectivity index (χ4n) is 1.71. The molecule has 0 spiro atoms. The van der Waals surface area contributed by atoms with Crippen LogP contribution in [-0.2, 0) is 6.18 Å². The Labute approximate surface area is 116 Å². The number of hydrogen-bond donors (Lipinski definition) is 1. The summed E-state index contributed by atoms with van der Waals surface area (Å²) in [6, 6.07) is 2.12. The zero-order chi connectivity index (χ0) is 15.6. The van der Waals surface area contributed by atoms with E-state index in [4.69, 9.17) is 0 Å². The van der Waals surface area contributed by atoms with Gasteiger partial charge in [0, 0.05) is 12.1 Å². The Bertz CT molecular complexity index is 655. The van der Waals surface area contributed by atoms with Crippen LogP contribution in [0.15, 0.2) is 24.4 Å². The number of hydrogen-bond acceptors (Lipinski definition) is 3. The van der Waals surface area contributed by atoms with Crippen LogP contribution in [0.25, 0.3) is 11.3 Å². The van der Waals surface area contributed by atoms with E-state index in [1.54, 1.807) is 6.92 Å². The van der Waals surface area contributed by atoms with E-state index in [-0.39, 0.29) is 17.2 Å².